The maximum atomic E-state index is 12.3. The van der Waals surface area contributed by atoms with Crippen molar-refractivity contribution in [3.63, 3.8) is 0 Å². The number of carbonyl (C=O) groups excluding carboxylic acids is 1. The number of nitrogens with zero attached hydrogens (tertiary/aromatic N) is 2. The van der Waals surface area contributed by atoms with Crippen molar-refractivity contribution in [2.45, 2.75) is 57.5 Å². The fourth-order valence-electron chi connectivity index (χ4n) is 6.85. The van der Waals surface area contributed by atoms with Crippen LogP contribution < -0.4 is 5.32 Å². The summed E-state index contributed by atoms with van der Waals surface area (Å²) >= 11 is 0. The molecule has 4 fully saturated rings. The molecule has 2 spiro atoms. The predicted molar refractivity (Wildman–Crippen MR) is 114 cm³/mol. The van der Waals surface area contributed by atoms with Gasteiger partial charge in [-0.25, -0.2) is 4.79 Å². The van der Waals surface area contributed by atoms with Crippen LogP contribution in [0.15, 0.2) is 30.3 Å². The number of rotatable bonds is 3. The van der Waals surface area contributed by atoms with Crippen molar-refractivity contribution in [2.24, 2.45) is 16.7 Å². The smallest absolute Gasteiger partial charge is 0.407 e. The first-order valence-electron chi connectivity index (χ1n) is 11.5. The van der Waals surface area contributed by atoms with Crippen LogP contribution in [0.1, 0.15) is 44.6 Å². The quantitative estimate of drug-likeness (QED) is 0.802. The van der Waals surface area contributed by atoms with Crippen molar-refractivity contribution in [1.29, 1.82) is 0 Å². The summed E-state index contributed by atoms with van der Waals surface area (Å²) in [5.41, 5.74) is 1.57. The lowest BCUT2D eigenvalue weighted by Gasteiger charge is -2.58. The Balaban J connectivity index is 1.21. The van der Waals surface area contributed by atoms with E-state index in [1.165, 1.54) is 5.56 Å². The van der Waals surface area contributed by atoms with Gasteiger partial charge in [-0.1, -0.05) is 37.3 Å². The fraction of sp³-hybridized carbons (Fsp3) is 0.667. The standard InChI is InChI=1S/C24H33N3O3/c1-17-19(14-24(17)9-12-27(16-24)22(29)30)26-10-7-23(8-11-26)15-21(28)25-20(23)13-18-5-3-2-4-6-18/h2-6,17,19-20H,7-16H2,1H3,(H,25,28)(H,29,30). The summed E-state index contributed by atoms with van der Waals surface area (Å²) in [5, 5.41) is 12.6. The molecule has 3 heterocycles. The Hall–Kier alpha value is -2.08. The number of carboxylic acid groups (broad SMARTS) is 1. The van der Waals surface area contributed by atoms with Gasteiger partial charge >= 0.3 is 6.09 Å². The lowest BCUT2D eigenvalue weighted by molar-refractivity contribution is -0.120. The van der Waals surface area contributed by atoms with Crippen LogP contribution in [0.3, 0.4) is 0 Å². The molecule has 6 nitrogen and oxygen atoms in total. The normalized spacial score (nSPS) is 35.6. The van der Waals surface area contributed by atoms with E-state index < -0.39 is 6.09 Å². The van der Waals surface area contributed by atoms with Crippen LogP contribution in [0.2, 0.25) is 0 Å². The summed E-state index contributed by atoms with van der Waals surface area (Å²) in [6.07, 6.45) is 5.07. The lowest BCUT2D eigenvalue weighted by atomic mass is 9.56. The lowest BCUT2D eigenvalue weighted by Crippen LogP contribution is -2.61. The topological polar surface area (TPSA) is 72.9 Å². The van der Waals surface area contributed by atoms with Gasteiger partial charge in [0.1, 0.15) is 0 Å². The molecule has 30 heavy (non-hydrogen) atoms. The molecule has 4 unspecified atom stereocenters. The molecule has 2 N–H and O–H groups in total. The zero-order valence-corrected chi connectivity index (χ0v) is 17.8. The van der Waals surface area contributed by atoms with E-state index in [0.717, 1.165) is 45.2 Å². The summed E-state index contributed by atoms with van der Waals surface area (Å²) in [7, 11) is 0. The highest BCUT2D eigenvalue weighted by atomic mass is 16.4. The molecule has 0 radical (unpaired) electrons. The fourth-order valence-corrected chi connectivity index (χ4v) is 6.85. The predicted octanol–water partition coefficient (Wildman–Crippen LogP) is 2.98. The molecule has 4 aliphatic rings. The third-order valence-electron chi connectivity index (χ3n) is 8.95. The van der Waals surface area contributed by atoms with Crippen LogP contribution >= 0.6 is 0 Å². The molecule has 1 aliphatic carbocycles. The molecule has 0 bridgehead atoms. The van der Waals surface area contributed by atoms with E-state index in [-0.39, 0.29) is 22.8 Å². The highest BCUT2D eigenvalue weighted by Crippen LogP contribution is 2.55. The second kappa shape index (κ2) is 7.26. The zero-order chi connectivity index (χ0) is 20.9. The number of amides is 2. The summed E-state index contributed by atoms with van der Waals surface area (Å²) in [4.78, 5) is 27.9. The third kappa shape index (κ3) is 3.20. The molecule has 1 aromatic carbocycles. The van der Waals surface area contributed by atoms with Gasteiger partial charge in [-0.05, 0) is 62.1 Å². The van der Waals surface area contributed by atoms with E-state index in [1.807, 2.05) is 6.07 Å². The second-order valence-electron chi connectivity index (χ2n) is 10.3. The van der Waals surface area contributed by atoms with Crippen LogP contribution in [-0.2, 0) is 11.2 Å². The van der Waals surface area contributed by atoms with Gasteiger partial charge in [-0.3, -0.25) is 4.79 Å². The molecular weight excluding hydrogens is 378 g/mol. The molecule has 3 aliphatic heterocycles. The van der Waals surface area contributed by atoms with E-state index in [1.54, 1.807) is 4.90 Å². The molecule has 0 aromatic heterocycles. The summed E-state index contributed by atoms with van der Waals surface area (Å²) in [6, 6.07) is 11.3. The van der Waals surface area contributed by atoms with Crippen molar-refractivity contribution in [3.8, 4) is 0 Å². The van der Waals surface area contributed by atoms with Crippen LogP contribution in [-0.4, -0.2) is 65.2 Å². The number of hydrogen-bond donors (Lipinski definition) is 2. The number of benzene rings is 1. The average molecular weight is 412 g/mol. The molecular formula is C24H33N3O3. The Labute approximate surface area is 178 Å². The van der Waals surface area contributed by atoms with E-state index >= 15 is 0 Å². The second-order valence-corrected chi connectivity index (χ2v) is 10.3. The Morgan fingerprint density at radius 1 is 1.13 bits per heavy atom. The summed E-state index contributed by atoms with van der Waals surface area (Å²) < 4.78 is 0. The van der Waals surface area contributed by atoms with Gasteiger partial charge in [0.05, 0.1) is 0 Å². The van der Waals surface area contributed by atoms with Crippen LogP contribution in [0.5, 0.6) is 0 Å². The number of piperidine rings is 1. The van der Waals surface area contributed by atoms with E-state index in [0.29, 0.717) is 31.5 Å². The van der Waals surface area contributed by atoms with Crippen molar-refractivity contribution >= 4 is 12.0 Å². The Bertz CT molecular complexity index is 820. The monoisotopic (exact) mass is 411 g/mol. The Kier molecular flexibility index (Phi) is 4.80. The van der Waals surface area contributed by atoms with Crippen LogP contribution in [0.25, 0.3) is 0 Å². The first-order chi connectivity index (χ1) is 14.4. The number of carbonyl (C=O) groups is 2. The first kappa shape index (κ1) is 19.9. The largest absolute Gasteiger partial charge is 0.465 e. The Morgan fingerprint density at radius 3 is 2.47 bits per heavy atom. The minimum atomic E-state index is -0.773. The number of likely N-dealkylation sites (tertiary alicyclic amines) is 2. The number of hydrogen-bond acceptors (Lipinski definition) is 3. The molecule has 162 valence electrons. The van der Waals surface area contributed by atoms with Gasteiger partial charge < -0.3 is 20.2 Å². The molecule has 4 atom stereocenters. The average Bonchev–Trinajstić information content (AvgIpc) is 3.32. The summed E-state index contributed by atoms with van der Waals surface area (Å²) in [6.45, 7) is 5.81. The van der Waals surface area contributed by atoms with Crippen molar-refractivity contribution in [1.82, 2.24) is 15.1 Å². The van der Waals surface area contributed by atoms with Crippen molar-refractivity contribution in [3.05, 3.63) is 35.9 Å². The van der Waals surface area contributed by atoms with Gasteiger partial charge in [-0.2, -0.15) is 0 Å². The van der Waals surface area contributed by atoms with Crippen molar-refractivity contribution < 1.29 is 14.7 Å². The van der Waals surface area contributed by atoms with Gasteiger partial charge in [0.15, 0.2) is 0 Å². The van der Waals surface area contributed by atoms with Gasteiger partial charge in [-0.15, -0.1) is 0 Å². The molecule has 6 heteroatoms. The highest BCUT2D eigenvalue weighted by molar-refractivity contribution is 5.80. The first-order valence-corrected chi connectivity index (χ1v) is 11.5. The Morgan fingerprint density at radius 2 is 1.83 bits per heavy atom. The highest BCUT2D eigenvalue weighted by Gasteiger charge is 2.58. The summed E-state index contributed by atoms with van der Waals surface area (Å²) in [5.74, 6) is 0.749. The van der Waals surface area contributed by atoms with Crippen LogP contribution in [0.4, 0.5) is 4.79 Å². The molecule has 5 rings (SSSR count). The minimum absolute atomic E-state index is 0.0849. The van der Waals surface area contributed by atoms with E-state index in [2.05, 4.69) is 41.4 Å². The molecule has 2 amide bonds. The SMILES string of the molecule is CC1C(N2CCC3(CC2)CC(=O)NC3Cc2ccccc2)CC12CCN(C(=O)O)C2. The van der Waals surface area contributed by atoms with E-state index in [4.69, 9.17) is 0 Å². The number of nitrogens with one attached hydrogen (secondary N) is 1. The molecule has 1 saturated carbocycles. The van der Waals surface area contributed by atoms with Gasteiger partial charge in [0.25, 0.3) is 0 Å². The maximum Gasteiger partial charge on any atom is 0.407 e. The molecule has 1 aromatic rings. The maximum absolute atomic E-state index is 12.3. The van der Waals surface area contributed by atoms with Crippen LogP contribution in [0, 0.1) is 16.7 Å². The minimum Gasteiger partial charge on any atom is -0.465 e. The van der Waals surface area contributed by atoms with E-state index in [9.17, 15) is 14.7 Å². The zero-order valence-electron chi connectivity index (χ0n) is 17.8. The molecule has 3 saturated heterocycles. The van der Waals surface area contributed by atoms with Gasteiger partial charge in [0, 0.05) is 37.0 Å². The van der Waals surface area contributed by atoms with Gasteiger partial charge in [0.2, 0.25) is 5.91 Å². The third-order valence-corrected chi connectivity index (χ3v) is 8.95. The van der Waals surface area contributed by atoms with Crippen molar-refractivity contribution in [2.75, 3.05) is 26.2 Å².